The van der Waals surface area contributed by atoms with Crippen LogP contribution in [0.4, 0.5) is 0 Å². The highest BCUT2D eigenvalue weighted by atomic mass is 16.9. The zero-order valence-electron chi connectivity index (χ0n) is 11.4. The summed E-state index contributed by atoms with van der Waals surface area (Å²) in [7, 11) is 1.56. The van der Waals surface area contributed by atoms with Crippen LogP contribution in [0.2, 0.25) is 0 Å². The summed E-state index contributed by atoms with van der Waals surface area (Å²) < 4.78 is 22.0. The van der Waals surface area contributed by atoms with Gasteiger partial charge in [-0.25, -0.2) is 0 Å². The van der Waals surface area contributed by atoms with Crippen LogP contribution in [0.3, 0.4) is 0 Å². The van der Waals surface area contributed by atoms with Gasteiger partial charge in [0, 0.05) is 14.0 Å². The van der Waals surface area contributed by atoms with E-state index in [9.17, 15) is 0 Å². The molecule has 104 valence electrons. The molecule has 0 amide bonds. The second-order valence-electron chi connectivity index (χ2n) is 4.52. The van der Waals surface area contributed by atoms with E-state index in [4.69, 9.17) is 18.9 Å². The quantitative estimate of drug-likeness (QED) is 0.740. The third kappa shape index (κ3) is 3.64. The Morgan fingerprint density at radius 1 is 1.47 bits per heavy atom. The van der Waals surface area contributed by atoms with Gasteiger partial charge in [0.25, 0.3) is 5.97 Å². The molecule has 1 saturated heterocycles. The van der Waals surface area contributed by atoms with Gasteiger partial charge >= 0.3 is 0 Å². The summed E-state index contributed by atoms with van der Waals surface area (Å²) in [5.74, 6) is -0.954. The average molecular weight is 264 g/mol. The lowest BCUT2D eigenvalue weighted by Crippen LogP contribution is -2.30. The predicted molar refractivity (Wildman–Crippen MR) is 71.6 cm³/mol. The number of hydrogen-bond acceptors (Lipinski definition) is 4. The van der Waals surface area contributed by atoms with Gasteiger partial charge in [0.05, 0.1) is 13.2 Å². The molecule has 1 aliphatic rings. The van der Waals surface area contributed by atoms with Gasteiger partial charge in [-0.05, 0) is 5.56 Å². The molecule has 4 heteroatoms. The van der Waals surface area contributed by atoms with Crippen molar-refractivity contribution < 1.29 is 18.9 Å². The largest absolute Gasteiger partial charge is 0.367 e. The highest BCUT2D eigenvalue weighted by Gasteiger charge is 2.37. The molecule has 19 heavy (non-hydrogen) atoms. The molecule has 1 aromatic carbocycles. The molecule has 2 rings (SSSR count). The summed E-state index contributed by atoms with van der Waals surface area (Å²) in [5, 5.41) is 0. The summed E-state index contributed by atoms with van der Waals surface area (Å²) in [6, 6.07) is 9.95. The molecule has 0 bridgehead atoms. The minimum absolute atomic E-state index is 0.129. The van der Waals surface area contributed by atoms with Gasteiger partial charge in [0.1, 0.15) is 12.2 Å². The Morgan fingerprint density at radius 3 is 2.79 bits per heavy atom. The SMILES string of the molecule is C=CC(OCC1COC(C)(OC)O1)c1ccccc1. The van der Waals surface area contributed by atoms with Gasteiger partial charge in [-0.15, -0.1) is 6.58 Å². The van der Waals surface area contributed by atoms with Gasteiger partial charge in [-0.2, -0.15) is 0 Å². The molecule has 0 radical (unpaired) electrons. The van der Waals surface area contributed by atoms with Crippen molar-refractivity contribution in [2.45, 2.75) is 25.1 Å². The predicted octanol–water partition coefficient (Wildman–Crippen LogP) is 2.67. The van der Waals surface area contributed by atoms with Crippen molar-refractivity contribution in [1.82, 2.24) is 0 Å². The van der Waals surface area contributed by atoms with E-state index in [0.29, 0.717) is 13.2 Å². The van der Waals surface area contributed by atoms with Gasteiger partial charge in [-0.3, -0.25) is 0 Å². The second-order valence-corrected chi connectivity index (χ2v) is 4.52. The van der Waals surface area contributed by atoms with E-state index in [1.165, 1.54) is 0 Å². The molecule has 0 saturated carbocycles. The van der Waals surface area contributed by atoms with Crippen molar-refractivity contribution in [3.05, 3.63) is 48.6 Å². The standard InChI is InChI=1S/C15H20O4/c1-4-14(12-8-6-5-7-9-12)17-10-13-11-18-15(2,16-3)19-13/h4-9,13-14H,1,10-11H2,2-3H3. The van der Waals surface area contributed by atoms with Crippen molar-refractivity contribution in [3.63, 3.8) is 0 Å². The Hall–Kier alpha value is -1.20. The molecule has 0 aromatic heterocycles. The molecular formula is C15H20O4. The highest BCUT2D eigenvalue weighted by molar-refractivity contribution is 5.20. The van der Waals surface area contributed by atoms with E-state index in [-0.39, 0.29) is 12.2 Å². The van der Waals surface area contributed by atoms with E-state index in [0.717, 1.165) is 5.56 Å². The molecule has 1 heterocycles. The lowest BCUT2D eigenvalue weighted by molar-refractivity contribution is -0.315. The molecule has 1 aromatic rings. The molecular weight excluding hydrogens is 244 g/mol. The molecule has 1 fully saturated rings. The molecule has 4 nitrogen and oxygen atoms in total. The number of rotatable bonds is 6. The lowest BCUT2D eigenvalue weighted by atomic mass is 10.1. The summed E-state index contributed by atoms with van der Waals surface area (Å²) in [4.78, 5) is 0. The van der Waals surface area contributed by atoms with Crippen molar-refractivity contribution >= 4 is 0 Å². The Balaban J connectivity index is 1.86. The Bertz CT molecular complexity index is 406. The third-order valence-electron chi connectivity index (χ3n) is 3.09. The minimum Gasteiger partial charge on any atom is -0.367 e. The number of methoxy groups -OCH3 is 1. The first kappa shape index (κ1) is 14.2. The van der Waals surface area contributed by atoms with Crippen LogP contribution in [-0.2, 0) is 18.9 Å². The van der Waals surface area contributed by atoms with E-state index in [2.05, 4.69) is 6.58 Å². The molecule has 0 spiro atoms. The number of benzene rings is 1. The van der Waals surface area contributed by atoms with Crippen LogP contribution in [0.15, 0.2) is 43.0 Å². The lowest BCUT2D eigenvalue weighted by Gasteiger charge is -2.21. The van der Waals surface area contributed by atoms with Crippen LogP contribution in [0.25, 0.3) is 0 Å². The normalized spacial score (nSPS) is 28.2. The number of hydrogen-bond donors (Lipinski definition) is 0. The maximum atomic E-state index is 5.82. The van der Waals surface area contributed by atoms with E-state index in [1.807, 2.05) is 30.3 Å². The second kappa shape index (κ2) is 6.30. The molecule has 1 aliphatic heterocycles. The Labute approximate surface area is 113 Å². The molecule has 3 unspecified atom stereocenters. The van der Waals surface area contributed by atoms with Gasteiger partial charge in [0.15, 0.2) is 0 Å². The molecule has 0 N–H and O–H groups in total. The maximum Gasteiger partial charge on any atom is 0.280 e. The fraction of sp³-hybridized carbons (Fsp3) is 0.467. The van der Waals surface area contributed by atoms with E-state index >= 15 is 0 Å². The summed E-state index contributed by atoms with van der Waals surface area (Å²) in [6.45, 7) is 6.45. The fourth-order valence-corrected chi connectivity index (χ4v) is 1.96. The topological polar surface area (TPSA) is 36.9 Å². The van der Waals surface area contributed by atoms with Crippen molar-refractivity contribution in [3.8, 4) is 0 Å². The van der Waals surface area contributed by atoms with Crippen molar-refractivity contribution in [1.29, 1.82) is 0 Å². The van der Waals surface area contributed by atoms with Crippen LogP contribution in [0, 0.1) is 0 Å². The first-order chi connectivity index (χ1) is 9.17. The van der Waals surface area contributed by atoms with Gasteiger partial charge in [-0.1, -0.05) is 36.4 Å². The molecule has 0 aliphatic carbocycles. The van der Waals surface area contributed by atoms with Gasteiger partial charge in [0.2, 0.25) is 0 Å². The molecule has 3 atom stereocenters. The summed E-state index contributed by atoms with van der Waals surface area (Å²) in [6.07, 6.45) is 1.51. The fourth-order valence-electron chi connectivity index (χ4n) is 1.96. The van der Waals surface area contributed by atoms with E-state index in [1.54, 1.807) is 20.1 Å². The maximum absolute atomic E-state index is 5.82. The Kier molecular flexibility index (Phi) is 4.71. The van der Waals surface area contributed by atoms with Crippen LogP contribution in [0.1, 0.15) is 18.6 Å². The van der Waals surface area contributed by atoms with Crippen LogP contribution >= 0.6 is 0 Å². The zero-order chi connectivity index (χ0) is 13.7. The average Bonchev–Trinajstić information content (AvgIpc) is 2.83. The first-order valence-corrected chi connectivity index (χ1v) is 6.33. The summed E-state index contributed by atoms with van der Waals surface area (Å²) in [5.41, 5.74) is 1.07. The number of ether oxygens (including phenoxy) is 4. The Morgan fingerprint density at radius 2 is 2.21 bits per heavy atom. The van der Waals surface area contributed by atoms with Crippen LogP contribution < -0.4 is 0 Å². The monoisotopic (exact) mass is 264 g/mol. The summed E-state index contributed by atoms with van der Waals surface area (Å²) >= 11 is 0. The van der Waals surface area contributed by atoms with Crippen LogP contribution in [0.5, 0.6) is 0 Å². The van der Waals surface area contributed by atoms with Crippen molar-refractivity contribution in [2.24, 2.45) is 0 Å². The highest BCUT2D eigenvalue weighted by Crippen LogP contribution is 2.25. The minimum atomic E-state index is -0.954. The van der Waals surface area contributed by atoms with Gasteiger partial charge < -0.3 is 18.9 Å². The smallest absolute Gasteiger partial charge is 0.280 e. The first-order valence-electron chi connectivity index (χ1n) is 6.33. The van der Waals surface area contributed by atoms with Crippen LogP contribution in [-0.4, -0.2) is 32.4 Å². The third-order valence-corrected chi connectivity index (χ3v) is 3.09. The zero-order valence-corrected chi connectivity index (χ0v) is 11.4. The van der Waals surface area contributed by atoms with E-state index < -0.39 is 5.97 Å². The van der Waals surface area contributed by atoms with Crippen molar-refractivity contribution in [2.75, 3.05) is 20.3 Å².